The summed E-state index contributed by atoms with van der Waals surface area (Å²) >= 11 is 1.38. The highest BCUT2D eigenvalue weighted by Crippen LogP contribution is 2.42. The van der Waals surface area contributed by atoms with Gasteiger partial charge < -0.3 is 0 Å². The Morgan fingerprint density at radius 1 is 1.55 bits per heavy atom. The SMILES string of the molecule is O=C=Nc1nnc(C2CC2)s1. The molecule has 2 rings (SSSR count). The van der Waals surface area contributed by atoms with Crippen molar-refractivity contribution in [3.63, 3.8) is 0 Å². The molecule has 11 heavy (non-hydrogen) atoms. The molecule has 1 aromatic heterocycles. The van der Waals surface area contributed by atoms with Gasteiger partial charge in [-0.15, -0.1) is 15.2 Å². The lowest BCUT2D eigenvalue weighted by Crippen LogP contribution is -1.74. The van der Waals surface area contributed by atoms with Crippen molar-refractivity contribution in [1.82, 2.24) is 10.2 Å². The van der Waals surface area contributed by atoms with E-state index >= 15 is 0 Å². The summed E-state index contributed by atoms with van der Waals surface area (Å²) in [6.07, 6.45) is 3.83. The van der Waals surface area contributed by atoms with E-state index in [1.807, 2.05) is 0 Å². The highest BCUT2D eigenvalue weighted by Gasteiger charge is 2.27. The number of carbonyl (C=O) groups excluding carboxylic acids is 1. The lowest BCUT2D eigenvalue weighted by molar-refractivity contribution is 0.565. The van der Waals surface area contributed by atoms with Crippen molar-refractivity contribution in [3.8, 4) is 0 Å². The molecule has 0 atom stereocenters. The molecular formula is C6H5N3OS. The van der Waals surface area contributed by atoms with E-state index in [9.17, 15) is 4.79 Å². The fourth-order valence-corrected chi connectivity index (χ4v) is 1.64. The molecule has 0 aromatic carbocycles. The maximum Gasteiger partial charge on any atom is 0.242 e. The third-order valence-corrected chi connectivity index (χ3v) is 2.48. The van der Waals surface area contributed by atoms with E-state index in [1.165, 1.54) is 30.3 Å². The highest BCUT2D eigenvalue weighted by molar-refractivity contribution is 7.15. The second kappa shape index (κ2) is 2.53. The van der Waals surface area contributed by atoms with Gasteiger partial charge in [0.1, 0.15) is 5.01 Å². The third kappa shape index (κ3) is 1.34. The van der Waals surface area contributed by atoms with Crippen molar-refractivity contribution in [3.05, 3.63) is 5.01 Å². The van der Waals surface area contributed by atoms with Crippen LogP contribution in [-0.4, -0.2) is 16.3 Å². The van der Waals surface area contributed by atoms with Gasteiger partial charge in [0.25, 0.3) is 0 Å². The minimum absolute atomic E-state index is 0.418. The van der Waals surface area contributed by atoms with Crippen LogP contribution in [-0.2, 0) is 4.79 Å². The van der Waals surface area contributed by atoms with Crippen LogP contribution in [0.4, 0.5) is 5.13 Å². The van der Waals surface area contributed by atoms with E-state index in [0.29, 0.717) is 11.0 Å². The normalized spacial score (nSPS) is 16.0. The molecule has 0 unspecified atom stereocenters. The second-order valence-electron chi connectivity index (χ2n) is 2.40. The first-order valence-electron chi connectivity index (χ1n) is 3.31. The molecule has 1 aliphatic carbocycles. The minimum Gasteiger partial charge on any atom is -0.211 e. The summed E-state index contributed by atoms with van der Waals surface area (Å²) in [4.78, 5) is 13.2. The van der Waals surface area contributed by atoms with Crippen molar-refractivity contribution in [2.24, 2.45) is 4.99 Å². The number of hydrogen-bond donors (Lipinski definition) is 0. The van der Waals surface area contributed by atoms with E-state index in [4.69, 9.17) is 0 Å². The Balaban J connectivity index is 2.24. The molecule has 0 saturated heterocycles. The molecular weight excluding hydrogens is 162 g/mol. The maximum absolute atomic E-state index is 9.82. The molecule has 5 heteroatoms. The number of aliphatic imine (C=N–C) groups is 1. The summed E-state index contributed by atoms with van der Waals surface area (Å²) in [7, 11) is 0. The fraction of sp³-hybridized carbons (Fsp3) is 0.500. The van der Waals surface area contributed by atoms with Crippen LogP contribution in [0.5, 0.6) is 0 Å². The van der Waals surface area contributed by atoms with Crippen LogP contribution in [0.1, 0.15) is 23.8 Å². The topological polar surface area (TPSA) is 55.2 Å². The van der Waals surface area contributed by atoms with Gasteiger partial charge in [0.05, 0.1) is 0 Å². The number of hydrogen-bond acceptors (Lipinski definition) is 5. The average molecular weight is 167 g/mol. The van der Waals surface area contributed by atoms with Gasteiger partial charge in [-0.25, -0.2) is 4.79 Å². The average Bonchev–Trinajstić information content (AvgIpc) is 2.75. The first-order valence-corrected chi connectivity index (χ1v) is 4.13. The zero-order chi connectivity index (χ0) is 7.68. The lowest BCUT2D eigenvalue weighted by Gasteiger charge is -1.78. The Hall–Kier alpha value is -1.06. The van der Waals surface area contributed by atoms with Crippen molar-refractivity contribution >= 4 is 22.5 Å². The smallest absolute Gasteiger partial charge is 0.211 e. The molecule has 56 valence electrons. The van der Waals surface area contributed by atoms with Crippen molar-refractivity contribution in [2.45, 2.75) is 18.8 Å². The van der Waals surface area contributed by atoms with Crippen LogP contribution in [0.3, 0.4) is 0 Å². The third-order valence-electron chi connectivity index (χ3n) is 1.50. The Labute approximate surface area is 67.0 Å². The Morgan fingerprint density at radius 2 is 2.36 bits per heavy atom. The van der Waals surface area contributed by atoms with E-state index in [-0.39, 0.29) is 0 Å². The van der Waals surface area contributed by atoms with E-state index in [1.54, 1.807) is 0 Å². The Kier molecular flexibility index (Phi) is 1.52. The molecule has 1 aromatic rings. The molecule has 0 aliphatic heterocycles. The quantitative estimate of drug-likeness (QED) is 0.494. The van der Waals surface area contributed by atoms with E-state index in [2.05, 4.69) is 15.2 Å². The predicted octanol–water partition coefficient (Wildman–Crippen LogP) is 1.38. The van der Waals surface area contributed by atoms with Crippen LogP contribution in [0.25, 0.3) is 0 Å². The Morgan fingerprint density at radius 3 is 3.00 bits per heavy atom. The highest BCUT2D eigenvalue weighted by atomic mass is 32.1. The van der Waals surface area contributed by atoms with Gasteiger partial charge in [0, 0.05) is 5.92 Å². The maximum atomic E-state index is 9.82. The van der Waals surface area contributed by atoms with Gasteiger partial charge in [-0.1, -0.05) is 11.3 Å². The number of aromatic nitrogens is 2. The molecule has 0 bridgehead atoms. The van der Waals surface area contributed by atoms with Crippen LogP contribution in [0, 0.1) is 0 Å². The molecule has 0 spiro atoms. The van der Waals surface area contributed by atoms with Crippen LogP contribution in [0.15, 0.2) is 4.99 Å². The first-order chi connectivity index (χ1) is 5.40. The van der Waals surface area contributed by atoms with Gasteiger partial charge in [-0.2, -0.15) is 0 Å². The molecule has 0 amide bonds. The summed E-state index contributed by atoms with van der Waals surface area (Å²) in [6.45, 7) is 0. The van der Waals surface area contributed by atoms with Gasteiger partial charge >= 0.3 is 0 Å². The van der Waals surface area contributed by atoms with Crippen LogP contribution < -0.4 is 0 Å². The van der Waals surface area contributed by atoms with Gasteiger partial charge in [0.15, 0.2) is 0 Å². The van der Waals surface area contributed by atoms with Crippen molar-refractivity contribution < 1.29 is 4.79 Å². The Bertz CT molecular complexity index is 311. The van der Waals surface area contributed by atoms with Crippen LogP contribution in [0.2, 0.25) is 0 Å². The summed E-state index contributed by atoms with van der Waals surface area (Å²) in [5, 5.41) is 9.02. The summed E-state index contributed by atoms with van der Waals surface area (Å²) in [5.41, 5.74) is 0. The molecule has 1 heterocycles. The van der Waals surface area contributed by atoms with Gasteiger partial charge in [0.2, 0.25) is 11.2 Å². The zero-order valence-electron chi connectivity index (χ0n) is 5.65. The second-order valence-corrected chi connectivity index (χ2v) is 3.39. The molecule has 4 nitrogen and oxygen atoms in total. The standard InChI is InChI=1S/C6H5N3OS/c10-3-7-6-9-8-5(11-6)4-1-2-4/h4H,1-2H2. The van der Waals surface area contributed by atoms with Gasteiger partial charge in [-0.05, 0) is 12.8 Å². The number of nitrogens with zero attached hydrogens (tertiary/aromatic N) is 3. The first kappa shape index (κ1) is 6.64. The summed E-state index contributed by atoms with van der Waals surface area (Å²) in [6, 6.07) is 0. The number of isocyanates is 1. The number of rotatable bonds is 2. The van der Waals surface area contributed by atoms with Crippen molar-refractivity contribution in [2.75, 3.05) is 0 Å². The summed E-state index contributed by atoms with van der Waals surface area (Å²) < 4.78 is 0. The van der Waals surface area contributed by atoms with E-state index in [0.717, 1.165) is 5.01 Å². The summed E-state index contributed by atoms with van der Waals surface area (Å²) in [5.74, 6) is 0.586. The molecule has 0 N–H and O–H groups in total. The zero-order valence-corrected chi connectivity index (χ0v) is 6.47. The predicted molar refractivity (Wildman–Crippen MR) is 39.7 cm³/mol. The molecule has 1 fully saturated rings. The van der Waals surface area contributed by atoms with Crippen molar-refractivity contribution in [1.29, 1.82) is 0 Å². The molecule has 1 aliphatic rings. The lowest BCUT2D eigenvalue weighted by atomic mass is 10.5. The largest absolute Gasteiger partial charge is 0.242 e. The van der Waals surface area contributed by atoms with E-state index < -0.39 is 0 Å². The van der Waals surface area contributed by atoms with Crippen LogP contribution >= 0.6 is 11.3 Å². The fourth-order valence-electron chi connectivity index (χ4n) is 0.806. The molecule has 1 saturated carbocycles. The monoisotopic (exact) mass is 167 g/mol. The molecule has 0 radical (unpaired) electrons. The minimum atomic E-state index is 0.418. The van der Waals surface area contributed by atoms with Gasteiger partial charge in [-0.3, -0.25) is 0 Å².